The topological polar surface area (TPSA) is 106 Å². The van der Waals surface area contributed by atoms with E-state index in [1.807, 2.05) is 6.92 Å². The molecule has 0 atom stereocenters. The SMILES string of the molecule is CCCOc1ccc(C(=O)N/C(=C\c2ccc3c(c2)OCO3)C(=O)NCCCO)cc1. The molecule has 2 aromatic carbocycles. The number of ether oxygens (including phenoxy) is 3. The Bertz CT molecular complexity index is 940. The molecule has 0 bridgehead atoms. The molecule has 0 saturated heterocycles. The van der Waals surface area contributed by atoms with E-state index in [1.165, 1.54) is 0 Å². The summed E-state index contributed by atoms with van der Waals surface area (Å²) in [4.78, 5) is 25.4. The van der Waals surface area contributed by atoms with Crippen LogP contribution >= 0.6 is 0 Å². The molecule has 2 amide bonds. The third-order valence-electron chi connectivity index (χ3n) is 4.41. The van der Waals surface area contributed by atoms with Crippen LogP contribution in [-0.2, 0) is 4.79 Å². The molecule has 8 heteroatoms. The molecule has 0 aromatic heterocycles. The van der Waals surface area contributed by atoms with E-state index < -0.39 is 11.8 Å². The maximum atomic E-state index is 12.7. The molecule has 1 heterocycles. The highest BCUT2D eigenvalue weighted by Gasteiger charge is 2.17. The largest absolute Gasteiger partial charge is 0.494 e. The van der Waals surface area contributed by atoms with E-state index in [2.05, 4.69) is 10.6 Å². The summed E-state index contributed by atoms with van der Waals surface area (Å²) in [6, 6.07) is 12.0. The lowest BCUT2D eigenvalue weighted by atomic mass is 10.1. The molecule has 3 N–H and O–H groups in total. The van der Waals surface area contributed by atoms with Gasteiger partial charge >= 0.3 is 0 Å². The highest BCUT2D eigenvalue weighted by molar-refractivity contribution is 6.05. The summed E-state index contributed by atoms with van der Waals surface area (Å²) < 4.78 is 16.2. The van der Waals surface area contributed by atoms with Crippen LogP contribution in [-0.4, -0.2) is 43.5 Å². The minimum absolute atomic E-state index is 0.0414. The molecule has 0 spiro atoms. The first-order valence-electron chi connectivity index (χ1n) is 10.2. The van der Waals surface area contributed by atoms with Gasteiger partial charge in [-0.05, 0) is 60.9 Å². The van der Waals surface area contributed by atoms with Crippen LogP contribution in [0.4, 0.5) is 0 Å². The van der Waals surface area contributed by atoms with Gasteiger partial charge in [-0.15, -0.1) is 0 Å². The summed E-state index contributed by atoms with van der Waals surface area (Å²) >= 11 is 0. The van der Waals surface area contributed by atoms with Crippen molar-refractivity contribution in [3.05, 3.63) is 59.3 Å². The number of amides is 2. The average Bonchev–Trinajstić information content (AvgIpc) is 3.25. The fraction of sp³-hybridized carbons (Fsp3) is 0.304. The van der Waals surface area contributed by atoms with Crippen LogP contribution < -0.4 is 24.8 Å². The van der Waals surface area contributed by atoms with Gasteiger partial charge in [0.15, 0.2) is 11.5 Å². The Morgan fingerprint density at radius 1 is 1.13 bits per heavy atom. The van der Waals surface area contributed by atoms with Gasteiger partial charge < -0.3 is 30.0 Å². The monoisotopic (exact) mass is 426 g/mol. The van der Waals surface area contributed by atoms with Crippen molar-refractivity contribution in [3.63, 3.8) is 0 Å². The number of aliphatic hydroxyl groups excluding tert-OH is 1. The van der Waals surface area contributed by atoms with Crippen LogP contribution in [0.15, 0.2) is 48.2 Å². The Morgan fingerprint density at radius 3 is 2.65 bits per heavy atom. The van der Waals surface area contributed by atoms with E-state index in [4.69, 9.17) is 19.3 Å². The van der Waals surface area contributed by atoms with E-state index >= 15 is 0 Å². The smallest absolute Gasteiger partial charge is 0.267 e. The molecule has 31 heavy (non-hydrogen) atoms. The summed E-state index contributed by atoms with van der Waals surface area (Å²) in [5.41, 5.74) is 1.14. The number of benzene rings is 2. The number of hydrogen-bond acceptors (Lipinski definition) is 6. The Balaban J connectivity index is 1.77. The molecule has 1 aliphatic heterocycles. The third-order valence-corrected chi connectivity index (χ3v) is 4.41. The van der Waals surface area contributed by atoms with E-state index in [1.54, 1.807) is 48.5 Å². The average molecular weight is 426 g/mol. The third kappa shape index (κ3) is 6.23. The molecule has 1 aliphatic rings. The molecule has 164 valence electrons. The molecular formula is C23H26N2O6. The molecule has 0 aliphatic carbocycles. The predicted molar refractivity (Wildman–Crippen MR) is 115 cm³/mol. The van der Waals surface area contributed by atoms with Crippen molar-refractivity contribution in [2.75, 3.05) is 26.6 Å². The van der Waals surface area contributed by atoms with Gasteiger partial charge in [-0.25, -0.2) is 0 Å². The van der Waals surface area contributed by atoms with Gasteiger partial charge in [0.25, 0.3) is 11.8 Å². The van der Waals surface area contributed by atoms with Crippen molar-refractivity contribution in [1.82, 2.24) is 10.6 Å². The fourth-order valence-corrected chi connectivity index (χ4v) is 2.82. The fourth-order valence-electron chi connectivity index (χ4n) is 2.82. The summed E-state index contributed by atoms with van der Waals surface area (Å²) in [5, 5.41) is 14.3. The maximum absolute atomic E-state index is 12.7. The van der Waals surface area contributed by atoms with Crippen LogP contribution in [0, 0.1) is 0 Å². The standard InChI is InChI=1S/C23H26N2O6/c1-2-12-29-18-7-5-17(6-8-18)22(27)25-19(23(28)24-10-3-11-26)13-16-4-9-20-21(14-16)31-15-30-20/h4-9,13-14,26H,2-3,10-12,15H2,1H3,(H,24,28)(H,25,27)/b19-13-. The zero-order chi connectivity index (χ0) is 22.1. The highest BCUT2D eigenvalue weighted by atomic mass is 16.7. The number of carbonyl (C=O) groups excluding carboxylic acids is 2. The van der Waals surface area contributed by atoms with Gasteiger partial charge in [0.2, 0.25) is 6.79 Å². The molecule has 0 saturated carbocycles. The van der Waals surface area contributed by atoms with Crippen LogP contribution in [0.1, 0.15) is 35.7 Å². The van der Waals surface area contributed by atoms with Gasteiger partial charge in [0, 0.05) is 18.7 Å². The Morgan fingerprint density at radius 2 is 1.90 bits per heavy atom. The molecule has 0 unspecified atom stereocenters. The first-order chi connectivity index (χ1) is 15.1. The van der Waals surface area contributed by atoms with E-state index in [9.17, 15) is 9.59 Å². The quantitative estimate of drug-likeness (QED) is 0.398. The number of nitrogens with one attached hydrogen (secondary N) is 2. The van der Waals surface area contributed by atoms with Gasteiger partial charge in [-0.2, -0.15) is 0 Å². The van der Waals surface area contributed by atoms with Crippen LogP contribution in [0.5, 0.6) is 17.2 Å². The first-order valence-corrected chi connectivity index (χ1v) is 10.2. The summed E-state index contributed by atoms with van der Waals surface area (Å²) in [6.45, 7) is 3.00. The van der Waals surface area contributed by atoms with Crippen molar-refractivity contribution >= 4 is 17.9 Å². The molecule has 3 rings (SSSR count). The molecule has 8 nitrogen and oxygen atoms in total. The van der Waals surface area contributed by atoms with E-state index in [0.717, 1.165) is 6.42 Å². The number of hydrogen-bond donors (Lipinski definition) is 3. The number of fused-ring (bicyclic) bond motifs is 1. The van der Waals surface area contributed by atoms with E-state index in [-0.39, 0.29) is 25.6 Å². The van der Waals surface area contributed by atoms with Crippen LogP contribution in [0.3, 0.4) is 0 Å². The second kappa shape index (κ2) is 11.0. The molecular weight excluding hydrogens is 400 g/mol. The second-order valence-electron chi connectivity index (χ2n) is 6.83. The number of rotatable bonds is 10. The normalized spacial score (nSPS) is 12.4. The zero-order valence-corrected chi connectivity index (χ0v) is 17.3. The zero-order valence-electron chi connectivity index (χ0n) is 17.3. The van der Waals surface area contributed by atoms with Gasteiger partial charge in [0.05, 0.1) is 6.61 Å². The van der Waals surface area contributed by atoms with Crippen LogP contribution in [0.25, 0.3) is 6.08 Å². The van der Waals surface area contributed by atoms with Gasteiger partial charge in [-0.3, -0.25) is 9.59 Å². The Labute approximate surface area is 180 Å². The molecule has 0 radical (unpaired) electrons. The number of carbonyl (C=O) groups is 2. The lowest BCUT2D eigenvalue weighted by Crippen LogP contribution is -2.35. The number of aliphatic hydroxyl groups is 1. The molecule has 2 aromatic rings. The van der Waals surface area contributed by atoms with Gasteiger partial charge in [0.1, 0.15) is 11.4 Å². The first kappa shape index (κ1) is 22.2. The van der Waals surface area contributed by atoms with Gasteiger partial charge in [-0.1, -0.05) is 13.0 Å². The minimum atomic E-state index is -0.456. The van der Waals surface area contributed by atoms with Crippen molar-refractivity contribution < 1.29 is 28.9 Å². The summed E-state index contributed by atoms with van der Waals surface area (Å²) in [6.07, 6.45) is 2.87. The van der Waals surface area contributed by atoms with Crippen molar-refractivity contribution in [1.29, 1.82) is 0 Å². The Hall–Kier alpha value is -3.52. The predicted octanol–water partition coefficient (Wildman–Crippen LogP) is 2.47. The maximum Gasteiger partial charge on any atom is 0.267 e. The summed E-state index contributed by atoms with van der Waals surface area (Å²) in [5.74, 6) is 0.994. The lowest BCUT2D eigenvalue weighted by molar-refractivity contribution is -0.117. The van der Waals surface area contributed by atoms with Crippen molar-refractivity contribution in [2.24, 2.45) is 0 Å². The van der Waals surface area contributed by atoms with Crippen LogP contribution in [0.2, 0.25) is 0 Å². The lowest BCUT2D eigenvalue weighted by Gasteiger charge is -2.12. The van der Waals surface area contributed by atoms with Crippen molar-refractivity contribution in [3.8, 4) is 17.2 Å². The molecule has 0 fully saturated rings. The van der Waals surface area contributed by atoms with Crippen molar-refractivity contribution in [2.45, 2.75) is 19.8 Å². The minimum Gasteiger partial charge on any atom is -0.494 e. The van der Waals surface area contributed by atoms with E-state index in [0.29, 0.717) is 41.4 Å². The Kier molecular flexibility index (Phi) is 7.89. The second-order valence-corrected chi connectivity index (χ2v) is 6.83. The summed E-state index contributed by atoms with van der Waals surface area (Å²) in [7, 11) is 0. The highest BCUT2D eigenvalue weighted by Crippen LogP contribution is 2.33.